The van der Waals surface area contributed by atoms with Gasteiger partial charge < -0.3 is 9.47 Å². The number of hydrogen-bond donors (Lipinski definition) is 0. The van der Waals surface area contributed by atoms with Crippen molar-refractivity contribution in [2.75, 3.05) is 20.6 Å². The fourth-order valence-electron chi connectivity index (χ4n) is 2.14. The SMILES string of the molecule is Cc1nccn1CCN(C)C(=O)Cn1nnnc1CN(C)C(C)C. The van der Waals surface area contributed by atoms with Crippen LogP contribution in [0.25, 0.3) is 0 Å². The van der Waals surface area contributed by atoms with E-state index in [2.05, 4.69) is 39.3 Å². The van der Waals surface area contributed by atoms with Crippen molar-refractivity contribution in [1.29, 1.82) is 0 Å². The second kappa shape index (κ2) is 8.00. The summed E-state index contributed by atoms with van der Waals surface area (Å²) in [6.45, 7) is 8.23. The third-order valence-electron chi connectivity index (χ3n) is 4.19. The smallest absolute Gasteiger partial charge is 0.244 e. The van der Waals surface area contributed by atoms with E-state index < -0.39 is 0 Å². The van der Waals surface area contributed by atoms with Crippen molar-refractivity contribution < 1.29 is 4.79 Å². The molecular weight excluding hydrogens is 308 g/mol. The topological polar surface area (TPSA) is 85.0 Å². The molecule has 0 bridgehead atoms. The van der Waals surface area contributed by atoms with Crippen LogP contribution < -0.4 is 0 Å². The number of hydrogen-bond acceptors (Lipinski definition) is 6. The Balaban J connectivity index is 1.90. The van der Waals surface area contributed by atoms with Gasteiger partial charge >= 0.3 is 0 Å². The first-order valence-electron chi connectivity index (χ1n) is 8.05. The van der Waals surface area contributed by atoms with E-state index in [0.717, 1.165) is 5.82 Å². The summed E-state index contributed by atoms with van der Waals surface area (Å²) in [5.74, 6) is 1.61. The summed E-state index contributed by atoms with van der Waals surface area (Å²) in [5, 5.41) is 11.7. The molecule has 132 valence electrons. The minimum absolute atomic E-state index is 0.0199. The third-order valence-corrected chi connectivity index (χ3v) is 4.19. The zero-order chi connectivity index (χ0) is 17.7. The predicted molar refractivity (Wildman–Crippen MR) is 89.0 cm³/mol. The molecule has 24 heavy (non-hydrogen) atoms. The van der Waals surface area contributed by atoms with Crippen molar-refractivity contribution in [3.05, 3.63) is 24.0 Å². The van der Waals surface area contributed by atoms with E-state index in [9.17, 15) is 4.79 Å². The first-order chi connectivity index (χ1) is 11.4. The minimum atomic E-state index is -0.0199. The van der Waals surface area contributed by atoms with E-state index in [1.165, 1.54) is 0 Å². The highest BCUT2D eigenvalue weighted by molar-refractivity contribution is 5.75. The first kappa shape index (κ1) is 18.1. The lowest BCUT2D eigenvalue weighted by Crippen LogP contribution is -2.34. The zero-order valence-corrected chi connectivity index (χ0v) is 15.0. The van der Waals surface area contributed by atoms with Crippen LogP contribution in [0.5, 0.6) is 0 Å². The van der Waals surface area contributed by atoms with Gasteiger partial charge in [-0.2, -0.15) is 0 Å². The molecule has 0 spiro atoms. The van der Waals surface area contributed by atoms with Crippen LogP contribution in [-0.4, -0.2) is 72.1 Å². The molecule has 0 unspecified atom stereocenters. The molecule has 9 heteroatoms. The minimum Gasteiger partial charge on any atom is -0.342 e. The highest BCUT2D eigenvalue weighted by atomic mass is 16.2. The number of imidazole rings is 1. The molecule has 0 N–H and O–H groups in total. The lowest BCUT2D eigenvalue weighted by Gasteiger charge is -2.21. The van der Waals surface area contributed by atoms with Gasteiger partial charge in [0.25, 0.3) is 0 Å². The van der Waals surface area contributed by atoms with E-state index in [-0.39, 0.29) is 12.5 Å². The van der Waals surface area contributed by atoms with Crippen molar-refractivity contribution in [2.45, 2.75) is 46.4 Å². The van der Waals surface area contributed by atoms with Crippen LogP contribution in [-0.2, 0) is 24.4 Å². The van der Waals surface area contributed by atoms with Crippen LogP contribution in [0.1, 0.15) is 25.5 Å². The number of rotatable bonds is 8. The second-order valence-electron chi connectivity index (χ2n) is 6.24. The molecule has 0 aliphatic heterocycles. The van der Waals surface area contributed by atoms with E-state index in [0.29, 0.717) is 31.5 Å². The molecule has 0 atom stereocenters. The fourth-order valence-corrected chi connectivity index (χ4v) is 2.14. The largest absolute Gasteiger partial charge is 0.342 e. The lowest BCUT2D eigenvalue weighted by atomic mass is 10.3. The molecule has 2 aromatic heterocycles. The van der Waals surface area contributed by atoms with Gasteiger partial charge in [-0.05, 0) is 38.2 Å². The van der Waals surface area contributed by atoms with Crippen LogP contribution in [0.15, 0.2) is 12.4 Å². The predicted octanol–water partition coefficient (Wildman–Crippen LogP) is 0.177. The van der Waals surface area contributed by atoms with Gasteiger partial charge in [0.1, 0.15) is 12.4 Å². The quantitative estimate of drug-likeness (QED) is 0.684. The molecule has 1 amide bonds. The Morgan fingerprint density at radius 1 is 1.33 bits per heavy atom. The summed E-state index contributed by atoms with van der Waals surface area (Å²) >= 11 is 0. The van der Waals surface area contributed by atoms with Crippen molar-refractivity contribution in [3.63, 3.8) is 0 Å². The average molecular weight is 334 g/mol. The Kier molecular flexibility index (Phi) is 6.02. The van der Waals surface area contributed by atoms with Crippen molar-refractivity contribution in [1.82, 2.24) is 39.6 Å². The van der Waals surface area contributed by atoms with Gasteiger partial charge in [-0.25, -0.2) is 9.67 Å². The molecule has 2 rings (SSSR count). The number of tetrazole rings is 1. The number of nitrogens with zero attached hydrogens (tertiary/aromatic N) is 8. The maximum atomic E-state index is 12.4. The molecule has 0 aromatic carbocycles. The van der Waals surface area contributed by atoms with Gasteiger partial charge in [0.2, 0.25) is 5.91 Å². The van der Waals surface area contributed by atoms with Gasteiger partial charge in [0, 0.05) is 38.6 Å². The Hall–Kier alpha value is -2.29. The molecule has 0 aliphatic rings. The van der Waals surface area contributed by atoms with E-state index in [1.54, 1.807) is 22.8 Å². The van der Waals surface area contributed by atoms with Crippen LogP contribution in [0.2, 0.25) is 0 Å². The molecule has 0 saturated carbocycles. The maximum absolute atomic E-state index is 12.4. The van der Waals surface area contributed by atoms with Crippen molar-refractivity contribution >= 4 is 5.91 Å². The summed E-state index contributed by atoms with van der Waals surface area (Å²) in [4.78, 5) is 20.4. The lowest BCUT2D eigenvalue weighted by molar-refractivity contribution is -0.130. The molecule has 0 fully saturated rings. The molecule has 9 nitrogen and oxygen atoms in total. The standard InChI is InChI=1S/C15H26N8O/c1-12(2)21(5)10-14-17-18-19-23(14)11-15(24)20(4)8-9-22-7-6-16-13(22)3/h6-7,12H,8-11H2,1-5H3. The van der Waals surface area contributed by atoms with Crippen LogP contribution >= 0.6 is 0 Å². The van der Waals surface area contributed by atoms with E-state index in [4.69, 9.17) is 0 Å². The number of likely N-dealkylation sites (N-methyl/N-ethyl adjacent to an activating group) is 1. The van der Waals surface area contributed by atoms with Gasteiger partial charge in [-0.1, -0.05) is 0 Å². The Bertz CT molecular complexity index is 662. The molecule has 2 heterocycles. The van der Waals surface area contributed by atoms with Gasteiger partial charge in [0.05, 0.1) is 6.54 Å². The molecule has 0 saturated heterocycles. The number of carbonyl (C=O) groups excluding carboxylic acids is 1. The van der Waals surface area contributed by atoms with Crippen LogP contribution in [0.3, 0.4) is 0 Å². The molecule has 2 aromatic rings. The first-order valence-corrected chi connectivity index (χ1v) is 8.05. The zero-order valence-electron chi connectivity index (χ0n) is 15.0. The monoisotopic (exact) mass is 334 g/mol. The van der Waals surface area contributed by atoms with Crippen LogP contribution in [0.4, 0.5) is 0 Å². The van der Waals surface area contributed by atoms with Gasteiger partial charge in [-0.3, -0.25) is 9.69 Å². The molecule has 0 aliphatic carbocycles. The highest BCUT2D eigenvalue weighted by Crippen LogP contribution is 2.03. The number of aryl methyl sites for hydroxylation is 1. The molecule has 0 radical (unpaired) electrons. The summed E-state index contributed by atoms with van der Waals surface area (Å²) in [6.07, 6.45) is 3.67. The Morgan fingerprint density at radius 3 is 2.71 bits per heavy atom. The highest BCUT2D eigenvalue weighted by Gasteiger charge is 2.16. The Labute approximate surface area is 142 Å². The van der Waals surface area contributed by atoms with Gasteiger partial charge in [0.15, 0.2) is 5.82 Å². The Morgan fingerprint density at radius 2 is 2.08 bits per heavy atom. The van der Waals surface area contributed by atoms with Gasteiger partial charge in [-0.15, -0.1) is 5.10 Å². The molecular formula is C15H26N8O. The fraction of sp³-hybridized carbons (Fsp3) is 0.667. The maximum Gasteiger partial charge on any atom is 0.244 e. The summed E-state index contributed by atoms with van der Waals surface area (Å²) in [6, 6.07) is 0.381. The van der Waals surface area contributed by atoms with Crippen molar-refractivity contribution in [3.8, 4) is 0 Å². The number of carbonyl (C=O) groups is 1. The second-order valence-corrected chi connectivity index (χ2v) is 6.24. The number of amides is 1. The normalized spacial score (nSPS) is 11.5. The van der Waals surface area contributed by atoms with Crippen LogP contribution in [0, 0.1) is 6.92 Å². The van der Waals surface area contributed by atoms with E-state index in [1.807, 2.05) is 24.7 Å². The summed E-state index contributed by atoms with van der Waals surface area (Å²) in [7, 11) is 3.80. The summed E-state index contributed by atoms with van der Waals surface area (Å²) in [5.41, 5.74) is 0. The average Bonchev–Trinajstić information content (AvgIpc) is 3.14. The number of aromatic nitrogens is 6. The third kappa shape index (κ3) is 4.60. The summed E-state index contributed by atoms with van der Waals surface area (Å²) < 4.78 is 3.59. The van der Waals surface area contributed by atoms with Crippen molar-refractivity contribution in [2.24, 2.45) is 0 Å². The van der Waals surface area contributed by atoms with E-state index >= 15 is 0 Å².